The summed E-state index contributed by atoms with van der Waals surface area (Å²) in [6, 6.07) is 9.50. The summed E-state index contributed by atoms with van der Waals surface area (Å²) < 4.78 is 5.03. The summed E-state index contributed by atoms with van der Waals surface area (Å²) in [4.78, 5) is 35.6. The summed E-state index contributed by atoms with van der Waals surface area (Å²) in [5.74, 6) is -0.639. The molecule has 1 aliphatic rings. The Hall–Kier alpha value is -3.09. The van der Waals surface area contributed by atoms with Crippen molar-refractivity contribution in [3.8, 4) is 0 Å². The third kappa shape index (κ3) is 4.47. The number of hydrogen-bond acceptors (Lipinski definition) is 4. The Labute approximate surface area is 144 Å². The molecule has 25 heavy (non-hydrogen) atoms. The lowest BCUT2D eigenvalue weighted by molar-refractivity contribution is -0.118. The summed E-state index contributed by atoms with van der Waals surface area (Å²) >= 11 is 0. The van der Waals surface area contributed by atoms with E-state index in [0.29, 0.717) is 17.2 Å². The van der Waals surface area contributed by atoms with Gasteiger partial charge in [0.15, 0.2) is 5.76 Å². The average Bonchev–Trinajstić information content (AvgIpc) is 3.28. The molecule has 1 aromatic carbocycles. The molecule has 0 spiro atoms. The molecule has 2 aromatic rings. The number of rotatable bonds is 7. The molecule has 0 saturated heterocycles. The predicted molar refractivity (Wildman–Crippen MR) is 90.9 cm³/mol. The minimum atomic E-state index is -0.434. The number of nitrogens with two attached hydrogens (primary N) is 1. The molecule has 1 atom stereocenters. The van der Waals surface area contributed by atoms with Crippen LogP contribution in [0.4, 0.5) is 5.69 Å². The molecular weight excluding hydrogens is 322 g/mol. The quantitative estimate of drug-likeness (QED) is 0.713. The normalized spacial score (nSPS) is 14.6. The number of benzene rings is 1. The molecule has 1 aromatic heterocycles. The van der Waals surface area contributed by atoms with E-state index in [-0.39, 0.29) is 24.1 Å². The smallest absolute Gasteiger partial charge is 0.291 e. The number of primary amides is 1. The van der Waals surface area contributed by atoms with Crippen LogP contribution in [0.1, 0.15) is 40.2 Å². The van der Waals surface area contributed by atoms with Crippen LogP contribution in [0.15, 0.2) is 47.1 Å². The molecule has 3 amide bonds. The van der Waals surface area contributed by atoms with Gasteiger partial charge in [0.1, 0.15) is 0 Å². The van der Waals surface area contributed by atoms with Crippen molar-refractivity contribution >= 4 is 23.4 Å². The SMILES string of the molecule is NC(=O)CC(NC(=O)c1cccc(NC(=O)c2ccco2)c1)C1CC1. The monoisotopic (exact) mass is 341 g/mol. The van der Waals surface area contributed by atoms with E-state index in [1.807, 2.05) is 0 Å². The van der Waals surface area contributed by atoms with E-state index in [9.17, 15) is 14.4 Å². The first-order valence-electron chi connectivity index (χ1n) is 8.07. The van der Waals surface area contributed by atoms with E-state index < -0.39 is 11.8 Å². The van der Waals surface area contributed by atoms with Gasteiger partial charge in [-0.25, -0.2) is 0 Å². The van der Waals surface area contributed by atoms with Crippen LogP contribution in [0.25, 0.3) is 0 Å². The predicted octanol–water partition coefficient (Wildman–Crippen LogP) is 1.92. The first-order valence-corrected chi connectivity index (χ1v) is 8.07. The fraction of sp³-hybridized carbons (Fsp3) is 0.278. The Morgan fingerprint density at radius 3 is 2.60 bits per heavy atom. The average molecular weight is 341 g/mol. The Morgan fingerprint density at radius 2 is 1.96 bits per heavy atom. The second-order valence-electron chi connectivity index (χ2n) is 6.10. The summed E-state index contributed by atoms with van der Waals surface area (Å²) in [7, 11) is 0. The van der Waals surface area contributed by atoms with E-state index in [1.54, 1.807) is 36.4 Å². The third-order valence-electron chi connectivity index (χ3n) is 4.06. The van der Waals surface area contributed by atoms with Crippen LogP contribution in [-0.2, 0) is 4.79 Å². The van der Waals surface area contributed by atoms with Gasteiger partial charge in [0.05, 0.1) is 6.26 Å². The Morgan fingerprint density at radius 1 is 1.16 bits per heavy atom. The van der Waals surface area contributed by atoms with Crippen molar-refractivity contribution in [2.24, 2.45) is 11.7 Å². The van der Waals surface area contributed by atoms with E-state index >= 15 is 0 Å². The largest absolute Gasteiger partial charge is 0.459 e. The molecule has 7 nitrogen and oxygen atoms in total. The summed E-state index contributed by atoms with van der Waals surface area (Å²) in [5, 5.41) is 5.54. The van der Waals surface area contributed by atoms with Crippen LogP contribution in [-0.4, -0.2) is 23.8 Å². The zero-order valence-electron chi connectivity index (χ0n) is 13.5. The van der Waals surface area contributed by atoms with Gasteiger partial charge in [-0.2, -0.15) is 0 Å². The molecule has 1 unspecified atom stereocenters. The van der Waals surface area contributed by atoms with Crippen molar-refractivity contribution < 1.29 is 18.8 Å². The molecular formula is C18H19N3O4. The Balaban J connectivity index is 1.66. The Kier molecular flexibility index (Phi) is 4.83. The zero-order chi connectivity index (χ0) is 17.8. The first kappa shape index (κ1) is 16.8. The second-order valence-corrected chi connectivity index (χ2v) is 6.10. The van der Waals surface area contributed by atoms with Crippen molar-refractivity contribution in [3.63, 3.8) is 0 Å². The molecule has 1 fully saturated rings. The molecule has 0 bridgehead atoms. The van der Waals surface area contributed by atoms with Gasteiger partial charge in [-0.15, -0.1) is 0 Å². The minimum Gasteiger partial charge on any atom is -0.459 e. The van der Waals surface area contributed by atoms with Crippen molar-refractivity contribution in [1.82, 2.24) is 5.32 Å². The molecule has 0 aliphatic heterocycles. The van der Waals surface area contributed by atoms with Crippen LogP contribution < -0.4 is 16.4 Å². The number of amides is 3. The number of carbonyl (C=O) groups is 3. The van der Waals surface area contributed by atoms with Crippen LogP contribution in [0.5, 0.6) is 0 Å². The highest BCUT2D eigenvalue weighted by molar-refractivity contribution is 6.03. The molecule has 1 aliphatic carbocycles. The fourth-order valence-corrected chi connectivity index (χ4v) is 2.64. The first-order chi connectivity index (χ1) is 12.0. The topological polar surface area (TPSA) is 114 Å². The molecule has 1 saturated carbocycles. The minimum absolute atomic E-state index is 0.130. The van der Waals surface area contributed by atoms with Gasteiger partial charge >= 0.3 is 0 Å². The fourth-order valence-electron chi connectivity index (χ4n) is 2.64. The molecule has 4 N–H and O–H groups in total. The maximum atomic E-state index is 12.4. The van der Waals surface area contributed by atoms with E-state index in [4.69, 9.17) is 10.2 Å². The standard InChI is InChI=1S/C18H19N3O4/c19-16(22)10-14(11-6-7-11)21-17(23)12-3-1-4-13(9-12)20-18(24)15-5-2-8-25-15/h1-5,8-9,11,14H,6-7,10H2,(H2,19,22)(H,20,24)(H,21,23). The van der Waals surface area contributed by atoms with E-state index in [0.717, 1.165) is 12.8 Å². The number of anilines is 1. The van der Waals surface area contributed by atoms with Crippen molar-refractivity contribution in [2.45, 2.75) is 25.3 Å². The summed E-state index contributed by atoms with van der Waals surface area (Å²) in [6.45, 7) is 0. The van der Waals surface area contributed by atoms with E-state index in [1.165, 1.54) is 6.26 Å². The van der Waals surface area contributed by atoms with Crippen LogP contribution in [0.3, 0.4) is 0 Å². The molecule has 1 heterocycles. The molecule has 7 heteroatoms. The maximum Gasteiger partial charge on any atom is 0.291 e. The lowest BCUT2D eigenvalue weighted by Gasteiger charge is -2.17. The van der Waals surface area contributed by atoms with Crippen molar-refractivity contribution in [2.75, 3.05) is 5.32 Å². The number of hydrogen-bond donors (Lipinski definition) is 3. The van der Waals surface area contributed by atoms with Gasteiger partial charge in [-0.05, 0) is 49.1 Å². The highest BCUT2D eigenvalue weighted by atomic mass is 16.3. The second kappa shape index (κ2) is 7.21. The molecule has 130 valence electrons. The van der Waals surface area contributed by atoms with Crippen LogP contribution in [0, 0.1) is 5.92 Å². The van der Waals surface area contributed by atoms with Gasteiger partial charge in [-0.1, -0.05) is 6.07 Å². The number of nitrogens with one attached hydrogen (secondary N) is 2. The zero-order valence-corrected chi connectivity index (χ0v) is 13.5. The van der Waals surface area contributed by atoms with Crippen LogP contribution in [0.2, 0.25) is 0 Å². The lowest BCUT2D eigenvalue weighted by Crippen LogP contribution is -2.39. The summed E-state index contributed by atoms with van der Waals surface area (Å²) in [5.41, 5.74) is 6.13. The van der Waals surface area contributed by atoms with E-state index in [2.05, 4.69) is 10.6 Å². The highest BCUT2D eigenvalue weighted by Gasteiger charge is 2.33. The number of furan rings is 1. The molecule has 0 radical (unpaired) electrons. The van der Waals surface area contributed by atoms with Gasteiger partial charge in [0.2, 0.25) is 5.91 Å². The van der Waals surface area contributed by atoms with Crippen molar-refractivity contribution in [3.05, 3.63) is 54.0 Å². The number of carbonyl (C=O) groups excluding carboxylic acids is 3. The Bertz CT molecular complexity index is 781. The maximum absolute atomic E-state index is 12.4. The highest BCUT2D eigenvalue weighted by Crippen LogP contribution is 2.34. The van der Waals surface area contributed by atoms with Gasteiger partial charge < -0.3 is 20.8 Å². The summed E-state index contributed by atoms with van der Waals surface area (Å²) in [6.07, 6.45) is 3.51. The molecule has 3 rings (SSSR count). The third-order valence-corrected chi connectivity index (χ3v) is 4.06. The van der Waals surface area contributed by atoms with Gasteiger partial charge in [0, 0.05) is 23.7 Å². The van der Waals surface area contributed by atoms with Gasteiger partial charge in [-0.3, -0.25) is 14.4 Å². The lowest BCUT2D eigenvalue weighted by atomic mass is 10.1. The van der Waals surface area contributed by atoms with Crippen molar-refractivity contribution in [1.29, 1.82) is 0 Å². The van der Waals surface area contributed by atoms with Gasteiger partial charge in [0.25, 0.3) is 11.8 Å². The van der Waals surface area contributed by atoms with Crippen LogP contribution >= 0.6 is 0 Å².